The summed E-state index contributed by atoms with van der Waals surface area (Å²) in [6, 6.07) is 13.2. The molecule has 3 N–H and O–H groups in total. The highest BCUT2D eigenvalue weighted by molar-refractivity contribution is 5.96. The summed E-state index contributed by atoms with van der Waals surface area (Å²) in [6.07, 6.45) is 1.37. The highest BCUT2D eigenvalue weighted by Gasteiger charge is 2.08. The third-order valence-corrected chi connectivity index (χ3v) is 3.25. The smallest absolute Gasteiger partial charge is 0.271 e. The van der Waals surface area contributed by atoms with Gasteiger partial charge in [0.05, 0.1) is 6.21 Å². The molecule has 2 aromatic carbocycles. The summed E-state index contributed by atoms with van der Waals surface area (Å²) in [5.41, 5.74) is 3.93. The topological polar surface area (TPSA) is 90.8 Å². The van der Waals surface area contributed by atoms with Gasteiger partial charge in [-0.3, -0.25) is 9.59 Å². The zero-order chi connectivity index (χ0) is 17.5. The van der Waals surface area contributed by atoms with E-state index < -0.39 is 0 Å². The lowest BCUT2D eigenvalue weighted by atomic mass is 10.1. The van der Waals surface area contributed by atoms with Crippen molar-refractivity contribution < 1.29 is 14.7 Å². The summed E-state index contributed by atoms with van der Waals surface area (Å²) >= 11 is 0. The summed E-state index contributed by atoms with van der Waals surface area (Å²) in [7, 11) is 0. The molecule has 0 heterocycles. The van der Waals surface area contributed by atoms with Gasteiger partial charge in [-0.25, -0.2) is 5.43 Å². The molecule has 124 valence electrons. The van der Waals surface area contributed by atoms with Gasteiger partial charge in [0.15, 0.2) is 0 Å². The Balaban J connectivity index is 1.95. The summed E-state index contributed by atoms with van der Waals surface area (Å²) < 4.78 is 0. The molecular formula is C18H19N3O3. The van der Waals surface area contributed by atoms with Gasteiger partial charge in [-0.1, -0.05) is 26.0 Å². The highest BCUT2D eigenvalue weighted by Crippen LogP contribution is 2.13. The van der Waals surface area contributed by atoms with Crippen molar-refractivity contribution in [2.45, 2.75) is 13.8 Å². The van der Waals surface area contributed by atoms with Crippen molar-refractivity contribution in [3.8, 4) is 5.75 Å². The zero-order valence-electron chi connectivity index (χ0n) is 13.5. The van der Waals surface area contributed by atoms with Crippen molar-refractivity contribution in [3.05, 3.63) is 59.7 Å². The normalized spacial score (nSPS) is 10.8. The first-order chi connectivity index (χ1) is 11.5. The predicted octanol–water partition coefficient (Wildman–Crippen LogP) is 2.75. The van der Waals surface area contributed by atoms with E-state index in [-0.39, 0.29) is 23.5 Å². The van der Waals surface area contributed by atoms with E-state index in [4.69, 9.17) is 0 Å². The van der Waals surface area contributed by atoms with Crippen LogP contribution < -0.4 is 10.7 Å². The molecule has 0 radical (unpaired) electrons. The number of rotatable bonds is 5. The molecule has 0 saturated carbocycles. The third kappa shape index (κ3) is 4.67. The molecule has 24 heavy (non-hydrogen) atoms. The van der Waals surface area contributed by atoms with Crippen molar-refractivity contribution in [2.75, 3.05) is 5.32 Å². The Bertz CT molecular complexity index is 752. The molecule has 6 heteroatoms. The van der Waals surface area contributed by atoms with E-state index in [1.54, 1.807) is 56.3 Å². The van der Waals surface area contributed by atoms with Crippen molar-refractivity contribution in [2.24, 2.45) is 11.0 Å². The first-order valence-electron chi connectivity index (χ1n) is 7.49. The van der Waals surface area contributed by atoms with Crippen LogP contribution in [0.5, 0.6) is 5.75 Å². The lowest BCUT2D eigenvalue weighted by molar-refractivity contribution is -0.118. The van der Waals surface area contributed by atoms with E-state index >= 15 is 0 Å². The maximum Gasteiger partial charge on any atom is 0.271 e. The summed E-state index contributed by atoms with van der Waals surface area (Å²) in [6.45, 7) is 3.61. The Morgan fingerprint density at radius 3 is 2.38 bits per heavy atom. The first kappa shape index (κ1) is 17.2. The number of phenols is 1. The van der Waals surface area contributed by atoms with E-state index in [1.807, 2.05) is 0 Å². The molecule has 0 atom stereocenters. The van der Waals surface area contributed by atoms with Crippen LogP contribution in [0.2, 0.25) is 0 Å². The summed E-state index contributed by atoms with van der Waals surface area (Å²) in [5.74, 6) is -0.500. The number of hydrazone groups is 1. The molecule has 0 saturated heterocycles. The van der Waals surface area contributed by atoms with E-state index in [2.05, 4.69) is 15.8 Å². The maximum atomic E-state index is 12.0. The van der Waals surface area contributed by atoms with Crippen LogP contribution in [0.4, 0.5) is 5.69 Å². The minimum Gasteiger partial charge on any atom is -0.507 e. The SMILES string of the molecule is CC(C)C(=O)Nc1ccc(C(=O)N/N=C\c2ccccc2O)cc1. The number of hydrogen-bond acceptors (Lipinski definition) is 4. The molecule has 6 nitrogen and oxygen atoms in total. The Kier molecular flexibility index (Phi) is 5.68. The molecule has 2 rings (SSSR count). The van der Waals surface area contributed by atoms with Crippen LogP contribution >= 0.6 is 0 Å². The molecule has 0 aliphatic carbocycles. The van der Waals surface area contributed by atoms with Gasteiger partial charge in [0, 0.05) is 22.7 Å². The fourth-order valence-corrected chi connectivity index (χ4v) is 1.81. The van der Waals surface area contributed by atoms with Crippen LogP contribution in [-0.4, -0.2) is 23.1 Å². The van der Waals surface area contributed by atoms with E-state index in [1.165, 1.54) is 12.3 Å². The fraction of sp³-hybridized carbons (Fsp3) is 0.167. The van der Waals surface area contributed by atoms with E-state index in [0.717, 1.165) is 0 Å². The minimum atomic E-state index is -0.386. The summed E-state index contributed by atoms with van der Waals surface area (Å²) in [4.78, 5) is 23.6. The van der Waals surface area contributed by atoms with Crippen LogP contribution in [0.3, 0.4) is 0 Å². The first-order valence-corrected chi connectivity index (χ1v) is 7.49. The van der Waals surface area contributed by atoms with Crippen LogP contribution in [0.15, 0.2) is 53.6 Å². The molecule has 2 aromatic rings. The summed E-state index contributed by atoms with van der Waals surface area (Å²) in [5, 5.41) is 16.2. The minimum absolute atomic E-state index is 0.0838. The highest BCUT2D eigenvalue weighted by atomic mass is 16.3. The number of aromatic hydroxyl groups is 1. The Hall–Kier alpha value is -3.15. The van der Waals surface area contributed by atoms with Gasteiger partial charge in [0.2, 0.25) is 5.91 Å². The lowest BCUT2D eigenvalue weighted by Gasteiger charge is -2.08. The molecule has 0 aliphatic heterocycles. The molecular weight excluding hydrogens is 306 g/mol. The van der Waals surface area contributed by atoms with E-state index in [0.29, 0.717) is 16.8 Å². The number of hydrogen-bond donors (Lipinski definition) is 3. The second-order valence-electron chi connectivity index (χ2n) is 5.48. The van der Waals surface area contributed by atoms with Crippen LogP contribution in [0.1, 0.15) is 29.8 Å². The van der Waals surface area contributed by atoms with Crippen LogP contribution in [0, 0.1) is 5.92 Å². The van der Waals surface area contributed by atoms with Gasteiger partial charge >= 0.3 is 0 Å². The monoisotopic (exact) mass is 325 g/mol. The number of carbonyl (C=O) groups excluding carboxylic acids is 2. The van der Waals surface area contributed by atoms with Crippen molar-refractivity contribution in [1.82, 2.24) is 5.43 Å². The number of nitrogens with zero attached hydrogens (tertiary/aromatic N) is 1. The largest absolute Gasteiger partial charge is 0.507 e. The molecule has 0 bridgehead atoms. The van der Waals surface area contributed by atoms with E-state index in [9.17, 15) is 14.7 Å². The second-order valence-corrected chi connectivity index (χ2v) is 5.48. The van der Waals surface area contributed by atoms with Gasteiger partial charge in [-0.2, -0.15) is 5.10 Å². The average molecular weight is 325 g/mol. The molecule has 0 spiro atoms. The van der Waals surface area contributed by atoms with Crippen LogP contribution in [-0.2, 0) is 4.79 Å². The fourth-order valence-electron chi connectivity index (χ4n) is 1.81. The molecule has 0 unspecified atom stereocenters. The van der Waals surface area contributed by atoms with Crippen molar-refractivity contribution in [1.29, 1.82) is 0 Å². The zero-order valence-corrected chi connectivity index (χ0v) is 13.5. The van der Waals surface area contributed by atoms with Crippen molar-refractivity contribution >= 4 is 23.7 Å². The molecule has 2 amide bonds. The van der Waals surface area contributed by atoms with Gasteiger partial charge < -0.3 is 10.4 Å². The van der Waals surface area contributed by atoms with Crippen molar-refractivity contribution in [3.63, 3.8) is 0 Å². The number of anilines is 1. The molecule has 0 aliphatic rings. The quantitative estimate of drug-likeness (QED) is 0.583. The standard InChI is InChI=1S/C18H19N3O3/c1-12(2)17(23)20-15-9-7-13(8-10-15)18(24)21-19-11-14-5-3-4-6-16(14)22/h3-12,22H,1-2H3,(H,20,23)(H,21,24)/b19-11-. The average Bonchev–Trinajstić information content (AvgIpc) is 2.57. The number of benzene rings is 2. The maximum absolute atomic E-state index is 12.0. The Labute approximate surface area is 140 Å². The lowest BCUT2D eigenvalue weighted by Crippen LogP contribution is -2.19. The second kappa shape index (κ2) is 7.92. The molecule has 0 aromatic heterocycles. The van der Waals surface area contributed by atoms with Gasteiger partial charge in [0.1, 0.15) is 5.75 Å². The number of phenolic OH excluding ortho intramolecular Hbond substituents is 1. The molecule has 0 fully saturated rings. The van der Waals surface area contributed by atoms with Gasteiger partial charge in [0.25, 0.3) is 5.91 Å². The predicted molar refractivity (Wildman–Crippen MR) is 93.1 cm³/mol. The van der Waals surface area contributed by atoms with Crippen LogP contribution in [0.25, 0.3) is 0 Å². The Morgan fingerprint density at radius 1 is 1.08 bits per heavy atom. The Morgan fingerprint density at radius 2 is 1.75 bits per heavy atom. The van der Waals surface area contributed by atoms with Gasteiger partial charge in [-0.15, -0.1) is 0 Å². The number of nitrogens with one attached hydrogen (secondary N) is 2. The number of amides is 2. The number of carbonyl (C=O) groups is 2. The third-order valence-electron chi connectivity index (χ3n) is 3.25. The van der Waals surface area contributed by atoms with Gasteiger partial charge in [-0.05, 0) is 36.4 Å². The number of para-hydroxylation sites is 1.